The number of rotatable bonds is 6. The Morgan fingerprint density at radius 1 is 1.21 bits per heavy atom. The Kier molecular flexibility index (Phi) is 4.81. The van der Waals surface area contributed by atoms with Crippen molar-refractivity contribution in [1.29, 1.82) is 0 Å². The zero-order valence-corrected chi connectivity index (χ0v) is 13.8. The zero-order chi connectivity index (χ0) is 16.9. The normalized spacial score (nSPS) is 10.9. The molecule has 0 saturated heterocycles. The third kappa shape index (κ3) is 3.57. The third-order valence-electron chi connectivity index (χ3n) is 3.78. The fourth-order valence-electron chi connectivity index (χ4n) is 2.55. The second-order valence-electron chi connectivity index (χ2n) is 5.41. The minimum atomic E-state index is -0.319. The van der Waals surface area contributed by atoms with E-state index in [1.807, 2.05) is 24.4 Å². The number of fused-ring (bicyclic) bond motifs is 1. The van der Waals surface area contributed by atoms with E-state index < -0.39 is 0 Å². The first kappa shape index (κ1) is 16.1. The van der Waals surface area contributed by atoms with Gasteiger partial charge < -0.3 is 14.6 Å². The molecule has 2 N–H and O–H groups in total. The summed E-state index contributed by atoms with van der Waals surface area (Å²) >= 11 is 0. The maximum atomic E-state index is 12.1. The van der Waals surface area contributed by atoms with Crippen molar-refractivity contribution in [2.75, 3.05) is 24.4 Å². The van der Waals surface area contributed by atoms with E-state index in [1.165, 1.54) is 0 Å². The highest BCUT2D eigenvalue weighted by Crippen LogP contribution is 2.20. The number of ether oxygens (including phenoxy) is 1. The van der Waals surface area contributed by atoms with Crippen LogP contribution in [-0.4, -0.2) is 34.1 Å². The largest absolute Gasteiger partial charge is 0.383 e. The quantitative estimate of drug-likeness (QED) is 0.730. The number of methoxy groups -OCH3 is 1. The van der Waals surface area contributed by atoms with E-state index in [0.717, 1.165) is 23.1 Å². The molecule has 1 aromatic carbocycles. The van der Waals surface area contributed by atoms with Crippen LogP contribution in [0.1, 0.15) is 6.92 Å². The predicted octanol–water partition coefficient (Wildman–Crippen LogP) is 3.15. The number of aromatic nitrogens is 3. The predicted molar refractivity (Wildman–Crippen MR) is 94.4 cm³/mol. The zero-order valence-electron chi connectivity index (χ0n) is 13.8. The minimum absolute atomic E-state index is 0.319. The van der Waals surface area contributed by atoms with Crippen molar-refractivity contribution >= 4 is 28.4 Å². The number of amides is 2. The van der Waals surface area contributed by atoms with E-state index in [-0.39, 0.29) is 6.03 Å². The summed E-state index contributed by atoms with van der Waals surface area (Å²) in [7, 11) is 1.64. The van der Waals surface area contributed by atoms with E-state index in [4.69, 9.17) is 4.74 Å². The average Bonchev–Trinajstić information content (AvgIpc) is 3.18. The van der Waals surface area contributed by atoms with Gasteiger partial charge in [0.2, 0.25) is 0 Å². The van der Waals surface area contributed by atoms with Crippen molar-refractivity contribution in [3.63, 3.8) is 0 Å². The Labute approximate surface area is 140 Å². The first-order valence-corrected chi connectivity index (χ1v) is 7.89. The highest BCUT2D eigenvalue weighted by Gasteiger charge is 2.07. The molecule has 126 valence electrons. The van der Waals surface area contributed by atoms with Gasteiger partial charge in [0.15, 0.2) is 5.82 Å². The third-order valence-corrected chi connectivity index (χ3v) is 3.78. The fraction of sp³-hybridized carbons (Fsp3) is 0.294. The maximum absolute atomic E-state index is 12.1. The van der Waals surface area contributed by atoms with Gasteiger partial charge in [-0.2, -0.15) is 5.10 Å². The molecule has 0 spiro atoms. The SMILES string of the molecule is CCn1ccc2ccc(NC(=O)Nc3ccn(CCOC)n3)cc21. The van der Waals surface area contributed by atoms with Gasteiger partial charge in [0.05, 0.1) is 18.7 Å². The number of aryl methyl sites for hydroxylation is 1. The molecule has 0 atom stereocenters. The van der Waals surface area contributed by atoms with E-state index >= 15 is 0 Å². The standard InChI is InChI=1S/C17H21N5O2/c1-3-21-8-6-13-4-5-14(12-15(13)21)18-17(23)19-16-7-9-22(20-16)10-11-24-2/h4-9,12H,3,10-11H2,1-2H3,(H2,18,19,20,23). The van der Waals surface area contributed by atoms with Crippen LogP contribution in [0.5, 0.6) is 0 Å². The van der Waals surface area contributed by atoms with Gasteiger partial charge in [0, 0.05) is 37.8 Å². The number of urea groups is 1. The lowest BCUT2D eigenvalue weighted by molar-refractivity contribution is 0.183. The van der Waals surface area contributed by atoms with Crippen molar-refractivity contribution in [3.8, 4) is 0 Å². The summed E-state index contributed by atoms with van der Waals surface area (Å²) in [6, 6.07) is 9.35. The number of hydrogen-bond acceptors (Lipinski definition) is 3. The highest BCUT2D eigenvalue weighted by molar-refractivity contribution is 6.00. The summed E-state index contributed by atoms with van der Waals surface area (Å²) in [6.45, 7) is 4.19. The number of carbonyl (C=O) groups is 1. The van der Waals surface area contributed by atoms with Crippen LogP contribution in [-0.2, 0) is 17.8 Å². The molecule has 7 heteroatoms. The lowest BCUT2D eigenvalue weighted by atomic mass is 10.2. The number of anilines is 2. The van der Waals surface area contributed by atoms with Gasteiger partial charge in [-0.25, -0.2) is 4.79 Å². The number of nitrogens with zero attached hydrogens (tertiary/aromatic N) is 3. The smallest absolute Gasteiger partial charge is 0.324 e. The number of nitrogens with one attached hydrogen (secondary N) is 2. The fourth-order valence-corrected chi connectivity index (χ4v) is 2.55. The molecule has 0 aliphatic heterocycles. The molecule has 0 aliphatic carbocycles. The second kappa shape index (κ2) is 7.18. The van der Waals surface area contributed by atoms with Crippen molar-refractivity contribution in [3.05, 3.63) is 42.7 Å². The van der Waals surface area contributed by atoms with Crippen LogP contribution < -0.4 is 10.6 Å². The topological polar surface area (TPSA) is 73.1 Å². The maximum Gasteiger partial charge on any atom is 0.324 e. The Morgan fingerprint density at radius 3 is 2.88 bits per heavy atom. The molecule has 0 aliphatic rings. The van der Waals surface area contributed by atoms with Gasteiger partial charge >= 0.3 is 6.03 Å². The Balaban J connectivity index is 1.65. The van der Waals surface area contributed by atoms with Gasteiger partial charge in [0.25, 0.3) is 0 Å². The first-order chi connectivity index (χ1) is 11.7. The lowest BCUT2D eigenvalue weighted by Crippen LogP contribution is -2.20. The Hall–Kier alpha value is -2.80. The van der Waals surface area contributed by atoms with Crippen LogP contribution in [0, 0.1) is 0 Å². The summed E-state index contributed by atoms with van der Waals surface area (Å²) in [5.74, 6) is 0.501. The molecule has 2 amide bonds. The second-order valence-corrected chi connectivity index (χ2v) is 5.41. The molecule has 0 fully saturated rings. The number of carbonyl (C=O) groups excluding carboxylic acids is 1. The van der Waals surface area contributed by atoms with Crippen LogP contribution in [0.25, 0.3) is 10.9 Å². The molecular formula is C17H21N5O2. The molecule has 0 bridgehead atoms. The number of hydrogen-bond donors (Lipinski definition) is 2. The average molecular weight is 327 g/mol. The molecule has 24 heavy (non-hydrogen) atoms. The van der Waals surface area contributed by atoms with Gasteiger partial charge in [-0.3, -0.25) is 10.00 Å². The molecular weight excluding hydrogens is 306 g/mol. The summed E-state index contributed by atoms with van der Waals surface area (Å²) in [5.41, 5.74) is 1.84. The molecule has 7 nitrogen and oxygen atoms in total. The van der Waals surface area contributed by atoms with E-state index in [2.05, 4.69) is 33.3 Å². The number of benzene rings is 1. The van der Waals surface area contributed by atoms with Crippen LogP contribution in [0.3, 0.4) is 0 Å². The summed E-state index contributed by atoms with van der Waals surface area (Å²) < 4.78 is 8.86. The molecule has 0 radical (unpaired) electrons. The van der Waals surface area contributed by atoms with Crippen LogP contribution >= 0.6 is 0 Å². The minimum Gasteiger partial charge on any atom is -0.383 e. The molecule has 2 heterocycles. The van der Waals surface area contributed by atoms with Crippen LogP contribution in [0.2, 0.25) is 0 Å². The summed E-state index contributed by atoms with van der Waals surface area (Å²) in [4.78, 5) is 12.1. The molecule has 3 aromatic rings. The molecule has 2 aromatic heterocycles. The van der Waals surface area contributed by atoms with Gasteiger partial charge in [0.1, 0.15) is 0 Å². The first-order valence-electron chi connectivity index (χ1n) is 7.89. The van der Waals surface area contributed by atoms with Gasteiger partial charge in [-0.15, -0.1) is 0 Å². The summed E-state index contributed by atoms with van der Waals surface area (Å²) in [6.07, 6.45) is 3.84. The Bertz CT molecular complexity index is 836. The lowest BCUT2D eigenvalue weighted by Gasteiger charge is -2.07. The van der Waals surface area contributed by atoms with Crippen molar-refractivity contribution in [1.82, 2.24) is 14.3 Å². The van der Waals surface area contributed by atoms with Gasteiger partial charge in [-0.05, 0) is 30.5 Å². The highest BCUT2D eigenvalue weighted by atomic mass is 16.5. The molecule has 3 rings (SSSR count). The van der Waals surface area contributed by atoms with Gasteiger partial charge in [-0.1, -0.05) is 6.07 Å². The van der Waals surface area contributed by atoms with Crippen molar-refractivity contribution in [2.24, 2.45) is 0 Å². The Morgan fingerprint density at radius 2 is 2.08 bits per heavy atom. The summed E-state index contributed by atoms with van der Waals surface area (Å²) in [5, 5.41) is 11.0. The molecule has 0 saturated carbocycles. The van der Waals surface area contributed by atoms with E-state index in [9.17, 15) is 4.79 Å². The van der Waals surface area contributed by atoms with Crippen molar-refractivity contribution in [2.45, 2.75) is 20.0 Å². The van der Waals surface area contributed by atoms with E-state index in [0.29, 0.717) is 19.0 Å². The van der Waals surface area contributed by atoms with Crippen LogP contribution in [0.15, 0.2) is 42.7 Å². The van der Waals surface area contributed by atoms with E-state index in [1.54, 1.807) is 24.1 Å². The molecule has 0 unspecified atom stereocenters. The monoisotopic (exact) mass is 327 g/mol. The van der Waals surface area contributed by atoms with Crippen molar-refractivity contribution < 1.29 is 9.53 Å². The van der Waals surface area contributed by atoms with Crippen LogP contribution in [0.4, 0.5) is 16.3 Å².